The lowest BCUT2D eigenvalue weighted by molar-refractivity contribution is -0.129. The highest BCUT2D eigenvalue weighted by molar-refractivity contribution is 7.98. The van der Waals surface area contributed by atoms with Crippen molar-refractivity contribution < 1.29 is 18.7 Å². The zero-order chi connectivity index (χ0) is 18.2. The third-order valence-electron chi connectivity index (χ3n) is 3.46. The number of carbonyl (C=O) groups is 2. The van der Waals surface area contributed by atoms with Gasteiger partial charge in [-0.05, 0) is 49.4 Å². The van der Waals surface area contributed by atoms with Crippen LogP contribution in [-0.2, 0) is 16.0 Å². The molecule has 2 rings (SSSR count). The van der Waals surface area contributed by atoms with Crippen LogP contribution in [0.1, 0.15) is 22.8 Å². The number of thioether (sulfide) groups is 1. The van der Waals surface area contributed by atoms with E-state index in [0.717, 1.165) is 5.56 Å². The van der Waals surface area contributed by atoms with Crippen LogP contribution < -0.4 is 5.32 Å². The van der Waals surface area contributed by atoms with Crippen molar-refractivity contribution in [1.29, 1.82) is 0 Å². The van der Waals surface area contributed by atoms with Crippen LogP contribution in [0.4, 0.5) is 4.39 Å². The molecule has 1 aromatic carbocycles. The van der Waals surface area contributed by atoms with Crippen molar-refractivity contribution in [1.82, 2.24) is 10.3 Å². The summed E-state index contributed by atoms with van der Waals surface area (Å²) in [7, 11) is 0. The molecule has 1 atom stereocenters. The van der Waals surface area contributed by atoms with E-state index in [1.54, 1.807) is 30.5 Å². The second kappa shape index (κ2) is 9.17. The van der Waals surface area contributed by atoms with E-state index in [0.29, 0.717) is 23.6 Å². The van der Waals surface area contributed by atoms with Crippen LogP contribution in [0.5, 0.6) is 0 Å². The molecule has 0 bridgehead atoms. The molecule has 1 heterocycles. The van der Waals surface area contributed by atoms with Crippen LogP contribution in [0, 0.1) is 5.82 Å². The number of pyridine rings is 1. The molecule has 0 unspecified atom stereocenters. The molecule has 25 heavy (non-hydrogen) atoms. The maximum atomic E-state index is 12.8. The average Bonchev–Trinajstić information content (AvgIpc) is 2.63. The number of ether oxygens (including phenoxy) is 1. The molecule has 0 saturated heterocycles. The second-order valence-electron chi connectivity index (χ2n) is 5.28. The first-order chi connectivity index (χ1) is 12.0. The van der Waals surface area contributed by atoms with E-state index in [2.05, 4.69) is 10.3 Å². The Labute approximate surface area is 150 Å². The average molecular weight is 362 g/mol. The van der Waals surface area contributed by atoms with E-state index >= 15 is 0 Å². The van der Waals surface area contributed by atoms with Gasteiger partial charge in [-0.1, -0.05) is 12.1 Å². The molecular weight excluding hydrogens is 343 g/mol. The third-order valence-corrected chi connectivity index (χ3v) is 4.18. The van der Waals surface area contributed by atoms with Crippen molar-refractivity contribution in [3.63, 3.8) is 0 Å². The molecule has 1 amide bonds. The van der Waals surface area contributed by atoms with Crippen molar-refractivity contribution in [2.75, 3.05) is 12.8 Å². The summed E-state index contributed by atoms with van der Waals surface area (Å²) >= 11 is 1.33. The number of carbonyl (C=O) groups excluding carboxylic acids is 2. The van der Waals surface area contributed by atoms with Gasteiger partial charge in [0.25, 0.3) is 5.91 Å². The highest BCUT2D eigenvalue weighted by Gasteiger charge is 2.20. The molecule has 1 aromatic heterocycles. The van der Waals surface area contributed by atoms with Gasteiger partial charge < -0.3 is 10.1 Å². The minimum absolute atomic E-state index is 0.298. The van der Waals surface area contributed by atoms with Crippen LogP contribution in [0.2, 0.25) is 0 Å². The smallest absolute Gasteiger partial charge is 0.341 e. The number of esters is 1. The molecule has 0 fully saturated rings. The predicted octanol–water partition coefficient (Wildman–Crippen LogP) is 2.85. The van der Waals surface area contributed by atoms with Gasteiger partial charge in [-0.3, -0.25) is 4.79 Å². The van der Waals surface area contributed by atoms with Crippen LogP contribution in [0.15, 0.2) is 47.6 Å². The standard InChI is InChI=1S/C18H19FN2O3S/c1-12(24-18(23)15-4-3-10-21-17(15)25-2)16(22)20-11-9-13-5-7-14(19)8-6-13/h3-8,10,12H,9,11H2,1-2H3,(H,20,22)/t12-/m0/s1. The summed E-state index contributed by atoms with van der Waals surface area (Å²) in [5, 5.41) is 3.25. The van der Waals surface area contributed by atoms with E-state index in [1.165, 1.54) is 30.8 Å². The Bertz CT molecular complexity index is 737. The van der Waals surface area contributed by atoms with Gasteiger partial charge in [0.15, 0.2) is 6.10 Å². The molecule has 0 aliphatic carbocycles. The van der Waals surface area contributed by atoms with E-state index in [4.69, 9.17) is 4.74 Å². The van der Waals surface area contributed by atoms with Crippen molar-refractivity contribution in [2.45, 2.75) is 24.5 Å². The number of nitrogens with zero attached hydrogens (tertiary/aromatic N) is 1. The van der Waals surface area contributed by atoms with Crippen LogP contribution in [0.25, 0.3) is 0 Å². The van der Waals surface area contributed by atoms with Gasteiger partial charge in [-0.15, -0.1) is 11.8 Å². The highest BCUT2D eigenvalue weighted by atomic mass is 32.2. The second-order valence-corrected chi connectivity index (χ2v) is 6.07. The molecule has 2 aromatic rings. The number of hydrogen-bond acceptors (Lipinski definition) is 5. The van der Waals surface area contributed by atoms with Gasteiger partial charge in [-0.25, -0.2) is 14.2 Å². The Hall–Kier alpha value is -2.41. The van der Waals surface area contributed by atoms with Crippen molar-refractivity contribution in [3.05, 3.63) is 59.5 Å². The Morgan fingerprint density at radius 3 is 2.68 bits per heavy atom. The number of nitrogens with one attached hydrogen (secondary N) is 1. The molecule has 0 spiro atoms. The van der Waals surface area contributed by atoms with Crippen LogP contribution in [0.3, 0.4) is 0 Å². The summed E-state index contributed by atoms with van der Waals surface area (Å²) in [5.74, 6) is -1.27. The first-order valence-electron chi connectivity index (χ1n) is 7.73. The van der Waals surface area contributed by atoms with Crippen molar-refractivity contribution in [3.8, 4) is 0 Å². The largest absolute Gasteiger partial charge is 0.449 e. The quantitative estimate of drug-likeness (QED) is 0.606. The van der Waals surface area contributed by atoms with Gasteiger partial charge in [0.1, 0.15) is 10.8 Å². The minimum Gasteiger partial charge on any atom is -0.449 e. The maximum Gasteiger partial charge on any atom is 0.341 e. The van der Waals surface area contributed by atoms with Crippen LogP contribution >= 0.6 is 11.8 Å². The minimum atomic E-state index is -0.921. The van der Waals surface area contributed by atoms with Crippen LogP contribution in [-0.4, -0.2) is 35.8 Å². The van der Waals surface area contributed by atoms with Crippen molar-refractivity contribution in [2.24, 2.45) is 0 Å². The van der Waals surface area contributed by atoms with Gasteiger partial charge >= 0.3 is 5.97 Å². The van der Waals surface area contributed by atoms with E-state index in [1.807, 2.05) is 6.26 Å². The Kier molecular flexibility index (Phi) is 6.94. The maximum absolute atomic E-state index is 12.8. The zero-order valence-corrected chi connectivity index (χ0v) is 14.8. The number of rotatable bonds is 7. The Morgan fingerprint density at radius 2 is 2.00 bits per heavy atom. The molecule has 0 aliphatic rings. The van der Waals surface area contributed by atoms with Crippen molar-refractivity contribution >= 4 is 23.6 Å². The number of amides is 1. The first kappa shape index (κ1) is 18.9. The summed E-state index contributed by atoms with van der Waals surface area (Å²) in [4.78, 5) is 28.3. The summed E-state index contributed by atoms with van der Waals surface area (Å²) in [5.41, 5.74) is 1.24. The summed E-state index contributed by atoms with van der Waals surface area (Å²) in [6, 6.07) is 9.33. The fraction of sp³-hybridized carbons (Fsp3) is 0.278. The fourth-order valence-corrected chi connectivity index (χ4v) is 2.65. The Morgan fingerprint density at radius 1 is 1.28 bits per heavy atom. The lowest BCUT2D eigenvalue weighted by atomic mass is 10.1. The monoisotopic (exact) mass is 362 g/mol. The molecule has 5 nitrogen and oxygen atoms in total. The molecule has 0 saturated carbocycles. The van der Waals surface area contributed by atoms with E-state index in [-0.39, 0.29) is 11.7 Å². The lowest BCUT2D eigenvalue weighted by Gasteiger charge is -2.14. The topological polar surface area (TPSA) is 68.3 Å². The normalized spacial score (nSPS) is 11.6. The van der Waals surface area contributed by atoms with E-state index < -0.39 is 12.1 Å². The van der Waals surface area contributed by atoms with Gasteiger partial charge in [0.05, 0.1) is 5.56 Å². The number of benzene rings is 1. The lowest BCUT2D eigenvalue weighted by Crippen LogP contribution is -2.37. The number of halogens is 1. The SMILES string of the molecule is CSc1ncccc1C(=O)O[C@@H](C)C(=O)NCCc1ccc(F)cc1. The summed E-state index contributed by atoms with van der Waals surface area (Å²) in [6.45, 7) is 1.88. The molecule has 132 valence electrons. The number of aromatic nitrogens is 1. The first-order valence-corrected chi connectivity index (χ1v) is 8.96. The summed E-state index contributed by atoms with van der Waals surface area (Å²) < 4.78 is 18.0. The van der Waals surface area contributed by atoms with Gasteiger partial charge in [-0.2, -0.15) is 0 Å². The van der Waals surface area contributed by atoms with Gasteiger partial charge in [0, 0.05) is 12.7 Å². The molecule has 7 heteroatoms. The molecule has 0 aliphatic heterocycles. The van der Waals surface area contributed by atoms with Gasteiger partial charge in [0.2, 0.25) is 0 Å². The predicted molar refractivity (Wildman–Crippen MR) is 94.0 cm³/mol. The molecule has 1 N–H and O–H groups in total. The zero-order valence-electron chi connectivity index (χ0n) is 14.0. The molecule has 0 radical (unpaired) electrons. The highest BCUT2D eigenvalue weighted by Crippen LogP contribution is 2.18. The van der Waals surface area contributed by atoms with E-state index in [9.17, 15) is 14.0 Å². The Balaban J connectivity index is 1.83. The molecular formula is C18H19FN2O3S. The fourth-order valence-electron chi connectivity index (χ4n) is 2.11. The summed E-state index contributed by atoms with van der Waals surface area (Å²) in [6.07, 6.45) is 3.04. The third kappa shape index (κ3) is 5.56. The number of hydrogen-bond donors (Lipinski definition) is 1.